The fraction of sp³-hybridized carbons (Fsp3) is 0.320. The van der Waals surface area contributed by atoms with Crippen LogP contribution in [0.15, 0.2) is 64.2 Å². The quantitative estimate of drug-likeness (QED) is 0.287. The van der Waals surface area contributed by atoms with Crippen molar-refractivity contribution < 1.29 is 0 Å². The van der Waals surface area contributed by atoms with Crippen LogP contribution in [0.25, 0.3) is 22.3 Å². The van der Waals surface area contributed by atoms with Crippen molar-refractivity contribution in [2.24, 2.45) is 0 Å². The van der Waals surface area contributed by atoms with Crippen LogP contribution in [-0.2, 0) is 19.5 Å². The standard InChI is InChI=1S/C25H27ClN4O2/c1-2-3-7-16-29-22-21(27-24(26)28-22)23(31)30(25(29)32)17-8-9-18-12-14-20(15-13-18)19-10-5-4-6-11-19/h4-6,10-15H,2-3,7-9,16-17H2,1H3,(H,27,28). The molecule has 166 valence electrons. The van der Waals surface area contributed by atoms with E-state index >= 15 is 0 Å². The lowest BCUT2D eigenvalue weighted by Crippen LogP contribution is -2.40. The summed E-state index contributed by atoms with van der Waals surface area (Å²) in [6.07, 6.45) is 4.36. The summed E-state index contributed by atoms with van der Waals surface area (Å²) in [5.41, 5.74) is 3.47. The maximum atomic E-state index is 13.1. The highest BCUT2D eigenvalue weighted by molar-refractivity contribution is 6.28. The zero-order valence-corrected chi connectivity index (χ0v) is 18.9. The molecule has 2 aromatic carbocycles. The monoisotopic (exact) mass is 450 g/mol. The Morgan fingerprint density at radius 1 is 0.875 bits per heavy atom. The molecular weight excluding hydrogens is 424 g/mol. The van der Waals surface area contributed by atoms with E-state index in [1.165, 1.54) is 21.3 Å². The molecule has 32 heavy (non-hydrogen) atoms. The zero-order valence-electron chi connectivity index (χ0n) is 18.2. The van der Waals surface area contributed by atoms with Gasteiger partial charge in [0.1, 0.15) is 0 Å². The molecule has 0 saturated heterocycles. The van der Waals surface area contributed by atoms with Crippen LogP contribution in [0.5, 0.6) is 0 Å². The largest absolute Gasteiger partial charge is 0.332 e. The average Bonchev–Trinajstić information content (AvgIpc) is 3.21. The summed E-state index contributed by atoms with van der Waals surface area (Å²) in [7, 11) is 0. The molecule has 7 heteroatoms. The number of nitrogens with zero attached hydrogens (tertiary/aromatic N) is 3. The topological polar surface area (TPSA) is 72.7 Å². The second-order valence-electron chi connectivity index (χ2n) is 7.99. The van der Waals surface area contributed by atoms with E-state index in [4.69, 9.17) is 11.6 Å². The van der Waals surface area contributed by atoms with E-state index in [0.29, 0.717) is 30.7 Å². The molecule has 2 heterocycles. The third kappa shape index (κ3) is 4.70. The van der Waals surface area contributed by atoms with Gasteiger partial charge in [-0.2, -0.15) is 4.98 Å². The van der Waals surface area contributed by atoms with Gasteiger partial charge in [-0.15, -0.1) is 0 Å². The Morgan fingerprint density at radius 2 is 1.56 bits per heavy atom. The van der Waals surface area contributed by atoms with E-state index in [1.807, 2.05) is 18.2 Å². The molecule has 0 aliphatic carbocycles. The number of benzene rings is 2. The highest BCUT2D eigenvalue weighted by atomic mass is 35.5. The third-order valence-electron chi connectivity index (χ3n) is 5.73. The van der Waals surface area contributed by atoms with Crippen molar-refractivity contribution >= 4 is 22.8 Å². The SMILES string of the molecule is CCCCCn1c(=O)n(CCCc2ccc(-c3ccccc3)cc2)c(=O)c2[nH]c(Cl)nc21. The lowest BCUT2D eigenvalue weighted by atomic mass is 10.0. The van der Waals surface area contributed by atoms with Gasteiger partial charge in [-0.1, -0.05) is 74.4 Å². The first-order valence-electron chi connectivity index (χ1n) is 11.1. The number of aromatic amines is 1. The third-order valence-corrected chi connectivity index (χ3v) is 5.90. The van der Waals surface area contributed by atoms with Gasteiger partial charge in [0, 0.05) is 13.1 Å². The molecule has 0 unspecified atom stereocenters. The van der Waals surface area contributed by atoms with Gasteiger partial charge < -0.3 is 4.98 Å². The Hall–Kier alpha value is -3.12. The van der Waals surface area contributed by atoms with Crippen molar-refractivity contribution in [3.8, 4) is 11.1 Å². The van der Waals surface area contributed by atoms with E-state index in [2.05, 4.69) is 53.3 Å². The minimum Gasteiger partial charge on any atom is -0.323 e. The number of aryl methyl sites for hydroxylation is 2. The number of unbranched alkanes of at least 4 members (excludes halogenated alkanes) is 2. The molecule has 0 saturated carbocycles. The van der Waals surface area contributed by atoms with Crippen LogP contribution in [0.1, 0.15) is 38.2 Å². The van der Waals surface area contributed by atoms with Gasteiger partial charge in [-0.25, -0.2) is 4.79 Å². The second kappa shape index (κ2) is 10.0. The van der Waals surface area contributed by atoms with Gasteiger partial charge >= 0.3 is 5.69 Å². The van der Waals surface area contributed by atoms with Gasteiger partial charge in [0.15, 0.2) is 11.2 Å². The Labute approximate surface area is 191 Å². The van der Waals surface area contributed by atoms with Crippen molar-refractivity contribution in [1.29, 1.82) is 0 Å². The molecule has 0 amide bonds. The summed E-state index contributed by atoms with van der Waals surface area (Å²) in [6.45, 7) is 2.97. The summed E-state index contributed by atoms with van der Waals surface area (Å²) >= 11 is 6.00. The normalized spacial score (nSPS) is 11.3. The van der Waals surface area contributed by atoms with E-state index in [-0.39, 0.29) is 16.5 Å². The molecule has 0 atom stereocenters. The van der Waals surface area contributed by atoms with Crippen LogP contribution in [0.4, 0.5) is 0 Å². The van der Waals surface area contributed by atoms with Crippen LogP contribution < -0.4 is 11.2 Å². The molecule has 6 nitrogen and oxygen atoms in total. The number of rotatable bonds is 9. The molecule has 0 spiro atoms. The Kier molecular flexibility index (Phi) is 6.90. The maximum Gasteiger partial charge on any atom is 0.332 e. The smallest absolute Gasteiger partial charge is 0.323 e. The van der Waals surface area contributed by atoms with Gasteiger partial charge in [-0.3, -0.25) is 13.9 Å². The van der Waals surface area contributed by atoms with E-state index in [1.54, 1.807) is 4.57 Å². The predicted molar refractivity (Wildman–Crippen MR) is 129 cm³/mol. The molecule has 0 fully saturated rings. The lowest BCUT2D eigenvalue weighted by molar-refractivity contribution is 0.526. The van der Waals surface area contributed by atoms with Crippen molar-refractivity contribution in [3.63, 3.8) is 0 Å². The van der Waals surface area contributed by atoms with Crippen LogP contribution in [-0.4, -0.2) is 19.1 Å². The Bertz CT molecular complexity index is 1300. The van der Waals surface area contributed by atoms with Gasteiger partial charge in [0.05, 0.1) is 0 Å². The minimum atomic E-state index is -0.365. The van der Waals surface area contributed by atoms with Crippen LogP contribution >= 0.6 is 11.6 Å². The van der Waals surface area contributed by atoms with E-state index < -0.39 is 0 Å². The average molecular weight is 451 g/mol. The maximum absolute atomic E-state index is 13.1. The van der Waals surface area contributed by atoms with Crippen molar-refractivity contribution in [2.75, 3.05) is 0 Å². The number of nitrogens with one attached hydrogen (secondary N) is 1. The predicted octanol–water partition coefficient (Wildman–Crippen LogP) is 5.03. The summed E-state index contributed by atoms with van der Waals surface area (Å²) in [5.74, 6) is 0. The van der Waals surface area contributed by atoms with E-state index in [9.17, 15) is 9.59 Å². The van der Waals surface area contributed by atoms with Gasteiger partial charge in [-0.05, 0) is 47.6 Å². The lowest BCUT2D eigenvalue weighted by Gasteiger charge is -2.11. The summed E-state index contributed by atoms with van der Waals surface area (Å²) in [4.78, 5) is 33.0. The first-order chi connectivity index (χ1) is 15.6. The zero-order chi connectivity index (χ0) is 22.5. The number of aromatic nitrogens is 4. The summed E-state index contributed by atoms with van der Waals surface area (Å²) in [5, 5.41) is 0.122. The molecule has 0 bridgehead atoms. The molecule has 4 rings (SSSR count). The van der Waals surface area contributed by atoms with Gasteiger partial charge in [0.25, 0.3) is 5.56 Å². The second-order valence-corrected chi connectivity index (χ2v) is 8.35. The minimum absolute atomic E-state index is 0.122. The highest BCUT2D eigenvalue weighted by Crippen LogP contribution is 2.19. The van der Waals surface area contributed by atoms with Crippen LogP contribution in [0, 0.1) is 0 Å². The Morgan fingerprint density at radius 3 is 2.28 bits per heavy atom. The number of hydrogen-bond donors (Lipinski definition) is 1. The molecular formula is C25H27ClN4O2. The highest BCUT2D eigenvalue weighted by Gasteiger charge is 2.16. The number of H-pyrrole nitrogens is 1. The van der Waals surface area contributed by atoms with Crippen molar-refractivity contribution in [3.05, 3.63) is 86.3 Å². The number of imidazole rings is 1. The first kappa shape index (κ1) is 22.1. The molecule has 0 aliphatic heterocycles. The molecule has 1 N–H and O–H groups in total. The number of hydrogen-bond acceptors (Lipinski definition) is 3. The molecule has 4 aromatic rings. The van der Waals surface area contributed by atoms with Gasteiger partial charge in [0.2, 0.25) is 5.28 Å². The fourth-order valence-corrected chi connectivity index (χ4v) is 4.17. The van der Waals surface area contributed by atoms with Crippen LogP contribution in [0.2, 0.25) is 5.28 Å². The summed E-state index contributed by atoms with van der Waals surface area (Å²) in [6, 6.07) is 18.7. The molecule has 2 aromatic heterocycles. The first-order valence-corrected chi connectivity index (χ1v) is 11.5. The summed E-state index contributed by atoms with van der Waals surface area (Å²) < 4.78 is 2.88. The van der Waals surface area contributed by atoms with E-state index in [0.717, 1.165) is 25.7 Å². The molecule has 0 aliphatic rings. The van der Waals surface area contributed by atoms with Crippen LogP contribution in [0.3, 0.4) is 0 Å². The molecule has 0 radical (unpaired) electrons. The number of fused-ring (bicyclic) bond motifs is 1. The Balaban J connectivity index is 1.51. The van der Waals surface area contributed by atoms with Crippen molar-refractivity contribution in [2.45, 2.75) is 52.1 Å². The van der Waals surface area contributed by atoms with Crippen molar-refractivity contribution in [1.82, 2.24) is 19.1 Å². The number of halogens is 1. The fourth-order valence-electron chi connectivity index (χ4n) is 3.99.